The molecule has 8 nitrogen and oxygen atoms in total. The summed E-state index contributed by atoms with van der Waals surface area (Å²) < 4.78 is 33.3. The molecule has 0 aromatic heterocycles. The van der Waals surface area contributed by atoms with Gasteiger partial charge in [-0.3, -0.25) is 9.59 Å². The molecule has 2 N–H and O–H groups in total. The number of para-hydroxylation sites is 1. The van der Waals surface area contributed by atoms with Crippen LogP contribution in [0.1, 0.15) is 53.3 Å². The maximum atomic E-state index is 13.2. The third-order valence-corrected chi connectivity index (χ3v) is 8.72. The number of piperidine rings is 1. The summed E-state index contributed by atoms with van der Waals surface area (Å²) in [6, 6.07) is 10.8. The SMILES string of the molecule is CC1CCN(S(=O)(=O)c2ccc(Cl)c(C(=O)Nc3ccccc3C(=O)NC[C@@H]3CCCO3)c2)CC1. The Morgan fingerprint density at radius 2 is 1.80 bits per heavy atom. The quantitative estimate of drug-likeness (QED) is 0.577. The Bertz CT molecular complexity index is 1190. The van der Waals surface area contributed by atoms with Gasteiger partial charge in [0.25, 0.3) is 11.8 Å². The second-order valence-corrected chi connectivity index (χ2v) is 11.4. The number of amides is 2. The predicted octanol–water partition coefficient (Wildman–Crippen LogP) is 3.92. The molecule has 0 unspecified atom stereocenters. The highest BCUT2D eigenvalue weighted by atomic mass is 35.5. The molecular formula is C25H30ClN3O5S. The normalized spacial score (nSPS) is 19.4. The van der Waals surface area contributed by atoms with Crippen LogP contribution in [0.25, 0.3) is 0 Å². The van der Waals surface area contributed by atoms with Crippen molar-refractivity contribution in [2.75, 3.05) is 31.6 Å². The van der Waals surface area contributed by atoms with Crippen molar-refractivity contribution in [2.24, 2.45) is 5.92 Å². The maximum Gasteiger partial charge on any atom is 0.257 e. The summed E-state index contributed by atoms with van der Waals surface area (Å²) in [5.41, 5.74) is 0.616. The zero-order chi connectivity index (χ0) is 25.0. The summed E-state index contributed by atoms with van der Waals surface area (Å²) in [4.78, 5) is 25.9. The second-order valence-electron chi connectivity index (χ2n) is 9.07. The molecule has 2 heterocycles. The Hall–Kier alpha value is -2.46. The summed E-state index contributed by atoms with van der Waals surface area (Å²) in [5.74, 6) is -0.451. The largest absolute Gasteiger partial charge is 0.376 e. The number of hydrogen-bond acceptors (Lipinski definition) is 5. The van der Waals surface area contributed by atoms with E-state index in [4.69, 9.17) is 16.3 Å². The van der Waals surface area contributed by atoms with Crippen molar-refractivity contribution < 1.29 is 22.7 Å². The van der Waals surface area contributed by atoms with E-state index in [-0.39, 0.29) is 27.5 Å². The van der Waals surface area contributed by atoms with Crippen LogP contribution in [-0.4, -0.2) is 56.9 Å². The topological polar surface area (TPSA) is 105 Å². The minimum absolute atomic E-state index is 0.00712. The van der Waals surface area contributed by atoms with Crippen LogP contribution >= 0.6 is 11.6 Å². The van der Waals surface area contributed by atoms with E-state index in [1.807, 2.05) is 0 Å². The van der Waals surface area contributed by atoms with Gasteiger partial charge in [-0.15, -0.1) is 0 Å². The van der Waals surface area contributed by atoms with Crippen LogP contribution in [0, 0.1) is 5.92 Å². The van der Waals surface area contributed by atoms with Crippen molar-refractivity contribution in [3.05, 3.63) is 58.6 Å². The van der Waals surface area contributed by atoms with Gasteiger partial charge < -0.3 is 15.4 Å². The Morgan fingerprint density at radius 1 is 1.06 bits per heavy atom. The van der Waals surface area contributed by atoms with E-state index in [0.29, 0.717) is 43.4 Å². The first-order valence-electron chi connectivity index (χ1n) is 11.9. The van der Waals surface area contributed by atoms with E-state index in [0.717, 1.165) is 25.7 Å². The Kier molecular flexibility index (Phi) is 8.11. The van der Waals surface area contributed by atoms with Crippen LogP contribution in [-0.2, 0) is 14.8 Å². The summed E-state index contributed by atoms with van der Waals surface area (Å²) in [7, 11) is -3.75. The first-order chi connectivity index (χ1) is 16.8. The molecule has 10 heteroatoms. The summed E-state index contributed by atoms with van der Waals surface area (Å²) in [6.07, 6.45) is 3.46. The van der Waals surface area contributed by atoms with E-state index in [1.165, 1.54) is 22.5 Å². The third-order valence-electron chi connectivity index (χ3n) is 6.50. The summed E-state index contributed by atoms with van der Waals surface area (Å²) in [6.45, 7) is 4.08. The number of nitrogens with one attached hydrogen (secondary N) is 2. The molecular weight excluding hydrogens is 490 g/mol. The average Bonchev–Trinajstić information content (AvgIpc) is 3.37. The predicted molar refractivity (Wildman–Crippen MR) is 134 cm³/mol. The number of hydrogen-bond donors (Lipinski definition) is 2. The van der Waals surface area contributed by atoms with Crippen LogP contribution in [0.3, 0.4) is 0 Å². The number of carbonyl (C=O) groups is 2. The molecule has 0 bridgehead atoms. The molecule has 2 amide bonds. The zero-order valence-electron chi connectivity index (χ0n) is 19.6. The molecule has 2 fully saturated rings. The third kappa shape index (κ3) is 6.03. The molecule has 2 saturated heterocycles. The van der Waals surface area contributed by atoms with E-state index in [2.05, 4.69) is 17.6 Å². The maximum absolute atomic E-state index is 13.2. The van der Waals surface area contributed by atoms with Crippen LogP contribution in [0.15, 0.2) is 47.4 Å². The first kappa shape index (κ1) is 25.6. The van der Waals surface area contributed by atoms with Gasteiger partial charge in [0.2, 0.25) is 10.0 Å². The van der Waals surface area contributed by atoms with Gasteiger partial charge in [0, 0.05) is 26.2 Å². The molecule has 2 aromatic carbocycles. The van der Waals surface area contributed by atoms with Crippen LogP contribution < -0.4 is 10.6 Å². The number of nitrogens with zero attached hydrogens (tertiary/aromatic N) is 1. The van der Waals surface area contributed by atoms with E-state index in [1.54, 1.807) is 24.3 Å². The molecule has 0 spiro atoms. The van der Waals surface area contributed by atoms with Gasteiger partial charge in [0.15, 0.2) is 0 Å². The molecule has 4 rings (SSSR count). The fraction of sp³-hybridized carbons (Fsp3) is 0.440. The molecule has 0 saturated carbocycles. The lowest BCUT2D eigenvalue weighted by molar-refractivity contribution is 0.0858. The smallest absolute Gasteiger partial charge is 0.257 e. The number of sulfonamides is 1. The summed E-state index contributed by atoms with van der Waals surface area (Å²) >= 11 is 6.27. The van der Waals surface area contributed by atoms with Crippen LogP contribution in [0.2, 0.25) is 5.02 Å². The molecule has 35 heavy (non-hydrogen) atoms. The zero-order valence-corrected chi connectivity index (χ0v) is 21.2. The van der Waals surface area contributed by atoms with Crippen molar-refractivity contribution in [1.29, 1.82) is 0 Å². The highest BCUT2D eigenvalue weighted by Gasteiger charge is 2.29. The highest BCUT2D eigenvalue weighted by Crippen LogP contribution is 2.27. The molecule has 2 aliphatic heterocycles. The minimum Gasteiger partial charge on any atom is -0.376 e. The van der Waals surface area contributed by atoms with Crippen molar-refractivity contribution in [2.45, 2.75) is 43.6 Å². The van der Waals surface area contributed by atoms with Crippen molar-refractivity contribution in [1.82, 2.24) is 9.62 Å². The molecule has 188 valence electrons. The monoisotopic (exact) mass is 519 g/mol. The molecule has 2 aliphatic rings. The van der Waals surface area contributed by atoms with Gasteiger partial charge >= 0.3 is 0 Å². The number of rotatable bonds is 7. The molecule has 0 aliphatic carbocycles. The van der Waals surface area contributed by atoms with E-state index < -0.39 is 15.9 Å². The minimum atomic E-state index is -3.75. The van der Waals surface area contributed by atoms with Gasteiger partial charge in [-0.25, -0.2) is 8.42 Å². The van der Waals surface area contributed by atoms with Crippen molar-refractivity contribution in [3.63, 3.8) is 0 Å². The van der Waals surface area contributed by atoms with Gasteiger partial charge in [-0.05, 0) is 61.9 Å². The van der Waals surface area contributed by atoms with Crippen LogP contribution in [0.4, 0.5) is 5.69 Å². The second kappa shape index (κ2) is 11.1. The highest BCUT2D eigenvalue weighted by molar-refractivity contribution is 7.89. The number of benzene rings is 2. The number of halogens is 1. The van der Waals surface area contributed by atoms with Gasteiger partial charge in [0.1, 0.15) is 0 Å². The average molecular weight is 520 g/mol. The van der Waals surface area contributed by atoms with Gasteiger partial charge in [-0.1, -0.05) is 30.7 Å². The van der Waals surface area contributed by atoms with E-state index >= 15 is 0 Å². The lowest BCUT2D eigenvalue weighted by atomic mass is 10.0. The number of carbonyl (C=O) groups excluding carboxylic acids is 2. The standard InChI is InChI=1S/C25H30ClN3O5S/c1-17-10-12-29(13-11-17)35(32,33)19-8-9-22(26)21(15-19)25(31)28-23-7-3-2-6-20(23)24(30)27-16-18-5-4-14-34-18/h2-3,6-9,15,17-18H,4-5,10-14,16H2,1H3,(H,27,30)(H,28,31)/t18-/m0/s1. The summed E-state index contributed by atoms with van der Waals surface area (Å²) in [5, 5.41) is 5.68. The first-order valence-corrected chi connectivity index (χ1v) is 13.7. The Labute approximate surface area is 211 Å². The molecule has 1 atom stereocenters. The van der Waals surface area contributed by atoms with Gasteiger partial charge in [0.05, 0.1) is 32.8 Å². The lowest BCUT2D eigenvalue weighted by Gasteiger charge is -2.29. The lowest BCUT2D eigenvalue weighted by Crippen LogP contribution is -2.38. The van der Waals surface area contributed by atoms with Crippen molar-refractivity contribution >= 4 is 39.1 Å². The fourth-order valence-electron chi connectivity index (χ4n) is 4.30. The number of anilines is 1. The van der Waals surface area contributed by atoms with Gasteiger partial charge in [-0.2, -0.15) is 4.31 Å². The van der Waals surface area contributed by atoms with Crippen molar-refractivity contribution in [3.8, 4) is 0 Å². The van der Waals surface area contributed by atoms with Crippen LogP contribution in [0.5, 0.6) is 0 Å². The molecule has 0 radical (unpaired) electrons. The molecule has 2 aromatic rings. The van der Waals surface area contributed by atoms with E-state index in [9.17, 15) is 18.0 Å². The number of ether oxygens (including phenoxy) is 1. The Morgan fingerprint density at radius 3 is 2.51 bits per heavy atom. The fourth-order valence-corrected chi connectivity index (χ4v) is 6.00. The Balaban J connectivity index is 1.51.